The van der Waals surface area contributed by atoms with Crippen molar-refractivity contribution in [1.82, 2.24) is 0 Å². The van der Waals surface area contributed by atoms with Gasteiger partial charge in [0.25, 0.3) is 0 Å². The number of aryl methyl sites for hydroxylation is 1. The van der Waals surface area contributed by atoms with E-state index >= 15 is 0 Å². The van der Waals surface area contributed by atoms with Crippen LogP contribution in [0.25, 0.3) is 0 Å². The van der Waals surface area contributed by atoms with Crippen LogP contribution in [0.2, 0.25) is 0 Å². The molecule has 0 aromatic heterocycles. The zero-order valence-corrected chi connectivity index (χ0v) is 9.14. The molecule has 1 aromatic rings. The first-order valence-corrected chi connectivity index (χ1v) is 5.19. The molecule has 1 atom stereocenters. The van der Waals surface area contributed by atoms with Crippen molar-refractivity contribution >= 4 is 5.97 Å². The molecule has 1 aliphatic heterocycles. The lowest BCUT2D eigenvalue weighted by Gasteiger charge is -2.44. The molecule has 4 heteroatoms. The van der Waals surface area contributed by atoms with Gasteiger partial charge in [0.2, 0.25) is 0 Å². The molecular weight excluding hydrogens is 206 g/mol. The Morgan fingerprint density at radius 2 is 2.25 bits per heavy atom. The van der Waals surface area contributed by atoms with E-state index in [1.807, 2.05) is 31.2 Å². The first-order valence-electron chi connectivity index (χ1n) is 5.19. The van der Waals surface area contributed by atoms with Gasteiger partial charge in [-0.1, -0.05) is 29.8 Å². The summed E-state index contributed by atoms with van der Waals surface area (Å²) in [6.45, 7) is 2.73. The van der Waals surface area contributed by atoms with E-state index in [1.165, 1.54) is 0 Å². The first-order chi connectivity index (χ1) is 7.56. The standard InChI is InChI=1S/C12H15NO3/c1-8-3-2-4-9(5-8)12(6-16-7-12)10(13)11(14)15/h2-5,10H,6-7,13H2,1H3,(H,14,15). The number of benzene rings is 1. The van der Waals surface area contributed by atoms with E-state index in [9.17, 15) is 4.79 Å². The molecule has 16 heavy (non-hydrogen) atoms. The van der Waals surface area contributed by atoms with Crippen molar-refractivity contribution in [2.75, 3.05) is 13.2 Å². The second-order valence-electron chi connectivity index (χ2n) is 4.33. The summed E-state index contributed by atoms with van der Waals surface area (Å²) in [7, 11) is 0. The summed E-state index contributed by atoms with van der Waals surface area (Å²) in [6, 6.07) is 6.87. The molecule has 1 saturated heterocycles. The fraction of sp³-hybridized carbons (Fsp3) is 0.417. The van der Waals surface area contributed by atoms with Crippen LogP contribution in [0.15, 0.2) is 24.3 Å². The number of ether oxygens (including phenoxy) is 1. The van der Waals surface area contributed by atoms with Gasteiger partial charge in [-0.3, -0.25) is 4.79 Å². The molecule has 86 valence electrons. The smallest absolute Gasteiger partial charge is 0.321 e. The maximum atomic E-state index is 11.0. The Bertz CT molecular complexity index is 412. The zero-order chi connectivity index (χ0) is 11.8. The average molecular weight is 221 g/mol. The van der Waals surface area contributed by atoms with Gasteiger partial charge < -0.3 is 15.6 Å². The summed E-state index contributed by atoms with van der Waals surface area (Å²) in [5.41, 5.74) is 7.25. The van der Waals surface area contributed by atoms with Gasteiger partial charge >= 0.3 is 5.97 Å². The molecule has 1 aliphatic rings. The minimum absolute atomic E-state index is 0.379. The Labute approximate surface area is 94.0 Å². The summed E-state index contributed by atoms with van der Waals surface area (Å²) in [6.07, 6.45) is 0. The molecule has 0 aliphatic carbocycles. The Hall–Kier alpha value is -1.39. The molecule has 1 heterocycles. The minimum Gasteiger partial charge on any atom is -0.480 e. The van der Waals surface area contributed by atoms with Gasteiger partial charge in [0.1, 0.15) is 6.04 Å². The van der Waals surface area contributed by atoms with E-state index in [-0.39, 0.29) is 0 Å². The van der Waals surface area contributed by atoms with Crippen molar-refractivity contribution in [2.24, 2.45) is 5.73 Å². The molecule has 0 saturated carbocycles. The van der Waals surface area contributed by atoms with Crippen LogP contribution in [0, 0.1) is 6.92 Å². The molecule has 1 aromatic carbocycles. The number of carboxylic acid groups (broad SMARTS) is 1. The van der Waals surface area contributed by atoms with E-state index in [0.717, 1.165) is 11.1 Å². The van der Waals surface area contributed by atoms with E-state index < -0.39 is 17.4 Å². The molecule has 0 amide bonds. The fourth-order valence-electron chi connectivity index (χ4n) is 2.04. The van der Waals surface area contributed by atoms with E-state index in [4.69, 9.17) is 15.6 Å². The summed E-state index contributed by atoms with van der Waals surface area (Å²) in [4.78, 5) is 11.0. The maximum Gasteiger partial charge on any atom is 0.321 e. The molecular formula is C12H15NO3. The van der Waals surface area contributed by atoms with Crippen molar-refractivity contribution in [3.63, 3.8) is 0 Å². The van der Waals surface area contributed by atoms with Gasteiger partial charge in [-0.15, -0.1) is 0 Å². The molecule has 0 radical (unpaired) electrons. The highest BCUT2D eigenvalue weighted by Crippen LogP contribution is 2.35. The number of aliphatic carboxylic acids is 1. The Morgan fingerprint density at radius 3 is 2.69 bits per heavy atom. The van der Waals surface area contributed by atoms with Crippen LogP contribution in [0.3, 0.4) is 0 Å². The van der Waals surface area contributed by atoms with Crippen LogP contribution in [0.1, 0.15) is 11.1 Å². The third kappa shape index (κ3) is 1.60. The van der Waals surface area contributed by atoms with E-state index in [0.29, 0.717) is 13.2 Å². The van der Waals surface area contributed by atoms with Crippen LogP contribution < -0.4 is 5.73 Å². The first kappa shape index (κ1) is 11.1. The number of nitrogens with two attached hydrogens (primary N) is 1. The van der Waals surface area contributed by atoms with Gasteiger partial charge in [0.05, 0.1) is 18.6 Å². The minimum atomic E-state index is -0.982. The molecule has 1 fully saturated rings. The second-order valence-corrected chi connectivity index (χ2v) is 4.33. The summed E-state index contributed by atoms with van der Waals surface area (Å²) >= 11 is 0. The number of carbonyl (C=O) groups is 1. The van der Waals surface area contributed by atoms with Gasteiger partial charge in [0.15, 0.2) is 0 Å². The van der Waals surface area contributed by atoms with Crippen LogP contribution in [-0.4, -0.2) is 30.3 Å². The summed E-state index contributed by atoms with van der Waals surface area (Å²) < 4.78 is 5.16. The number of hydrogen-bond acceptors (Lipinski definition) is 3. The van der Waals surface area contributed by atoms with Gasteiger partial charge in [-0.05, 0) is 12.5 Å². The molecule has 0 bridgehead atoms. The lowest BCUT2D eigenvalue weighted by Crippen LogP contribution is -2.61. The second kappa shape index (κ2) is 3.88. The largest absolute Gasteiger partial charge is 0.480 e. The van der Waals surface area contributed by atoms with Crippen molar-refractivity contribution < 1.29 is 14.6 Å². The van der Waals surface area contributed by atoms with Gasteiger partial charge in [0, 0.05) is 0 Å². The third-order valence-corrected chi connectivity index (χ3v) is 3.17. The molecule has 3 N–H and O–H groups in total. The molecule has 2 rings (SSSR count). The normalized spacial score (nSPS) is 19.9. The highest BCUT2D eigenvalue weighted by molar-refractivity contribution is 5.76. The lowest BCUT2D eigenvalue weighted by atomic mass is 9.72. The van der Waals surface area contributed by atoms with E-state index in [1.54, 1.807) is 0 Å². The molecule has 4 nitrogen and oxygen atoms in total. The van der Waals surface area contributed by atoms with Crippen LogP contribution >= 0.6 is 0 Å². The van der Waals surface area contributed by atoms with Crippen LogP contribution in [0.4, 0.5) is 0 Å². The van der Waals surface area contributed by atoms with Crippen LogP contribution in [0.5, 0.6) is 0 Å². The Morgan fingerprint density at radius 1 is 1.56 bits per heavy atom. The van der Waals surface area contributed by atoms with Gasteiger partial charge in [-0.25, -0.2) is 0 Å². The van der Waals surface area contributed by atoms with Crippen molar-refractivity contribution in [1.29, 1.82) is 0 Å². The highest BCUT2D eigenvalue weighted by atomic mass is 16.5. The predicted molar refractivity (Wildman–Crippen MR) is 59.3 cm³/mol. The van der Waals surface area contributed by atoms with Crippen molar-refractivity contribution in [3.05, 3.63) is 35.4 Å². The van der Waals surface area contributed by atoms with E-state index in [2.05, 4.69) is 0 Å². The molecule has 0 spiro atoms. The monoisotopic (exact) mass is 221 g/mol. The maximum absolute atomic E-state index is 11.0. The predicted octanol–water partition coefficient (Wildman–Crippen LogP) is 0.675. The SMILES string of the molecule is Cc1cccc(C2(C(N)C(=O)O)COC2)c1. The fourth-order valence-corrected chi connectivity index (χ4v) is 2.04. The topological polar surface area (TPSA) is 72.6 Å². The summed E-state index contributed by atoms with van der Waals surface area (Å²) in [5, 5.41) is 9.03. The Balaban J connectivity index is 2.38. The number of carboxylic acids is 1. The Kier molecular flexibility index (Phi) is 2.69. The summed E-state index contributed by atoms with van der Waals surface area (Å²) in [5.74, 6) is -0.982. The van der Waals surface area contributed by atoms with Crippen molar-refractivity contribution in [3.8, 4) is 0 Å². The highest BCUT2D eigenvalue weighted by Gasteiger charge is 2.48. The quantitative estimate of drug-likeness (QED) is 0.787. The lowest BCUT2D eigenvalue weighted by molar-refractivity contribution is -0.148. The van der Waals surface area contributed by atoms with Crippen LogP contribution in [-0.2, 0) is 14.9 Å². The third-order valence-electron chi connectivity index (χ3n) is 3.17. The number of hydrogen-bond donors (Lipinski definition) is 2. The van der Waals surface area contributed by atoms with Crippen molar-refractivity contribution in [2.45, 2.75) is 18.4 Å². The number of rotatable bonds is 3. The average Bonchev–Trinajstić information content (AvgIpc) is 2.15. The molecule has 1 unspecified atom stereocenters. The van der Waals surface area contributed by atoms with Gasteiger partial charge in [-0.2, -0.15) is 0 Å². The zero-order valence-electron chi connectivity index (χ0n) is 9.14.